The molecule has 1 aromatic carbocycles. The van der Waals surface area contributed by atoms with E-state index >= 15 is 0 Å². The number of methoxy groups -OCH3 is 1. The number of ether oxygens (including phenoxy) is 1. The minimum atomic E-state index is -0.0924. The van der Waals surface area contributed by atoms with Crippen molar-refractivity contribution in [3.05, 3.63) is 29.3 Å². The topological polar surface area (TPSA) is 52.3 Å². The molecule has 16 heavy (non-hydrogen) atoms. The molecule has 1 atom stereocenters. The van der Waals surface area contributed by atoms with Crippen LogP contribution in [-0.2, 0) is 11.2 Å². The van der Waals surface area contributed by atoms with Crippen molar-refractivity contribution in [2.75, 3.05) is 13.7 Å². The maximum Gasteiger partial charge on any atom is 0.141 e. The van der Waals surface area contributed by atoms with Crippen LogP contribution in [0, 0.1) is 12.8 Å². The van der Waals surface area contributed by atoms with Crippen LogP contribution in [0.25, 0.3) is 0 Å². The van der Waals surface area contributed by atoms with Crippen LogP contribution in [0.15, 0.2) is 18.2 Å². The van der Waals surface area contributed by atoms with E-state index < -0.39 is 0 Å². The van der Waals surface area contributed by atoms with Crippen LogP contribution >= 0.6 is 0 Å². The zero-order valence-corrected chi connectivity index (χ0v) is 10.1. The lowest BCUT2D eigenvalue weighted by atomic mass is 9.98. The zero-order valence-electron chi connectivity index (χ0n) is 10.1. The number of Topliss-reactive ketones (excluding diaryl/α,β-unsaturated/α-hetero) is 1. The second-order valence-electron chi connectivity index (χ2n) is 4.10. The maximum atomic E-state index is 11.8. The summed E-state index contributed by atoms with van der Waals surface area (Å²) in [5.41, 5.74) is 7.54. The van der Waals surface area contributed by atoms with Crippen molar-refractivity contribution < 1.29 is 9.53 Å². The maximum absolute atomic E-state index is 11.8. The quantitative estimate of drug-likeness (QED) is 0.823. The molecule has 0 saturated carbocycles. The van der Waals surface area contributed by atoms with E-state index in [1.807, 2.05) is 32.0 Å². The largest absolute Gasteiger partial charge is 0.496 e. The van der Waals surface area contributed by atoms with Gasteiger partial charge in [0.15, 0.2) is 0 Å². The lowest BCUT2D eigenvalue weighted by Crippen LogP contribution is -2.22. The fraction of sp³-hybridized carbons (Fsp3) is 0.462. The first-order valence-electron chi connectivity index (χ1n) is 5.44. The molecule has 0 heterocycles. The molecule has 0 amide bonds. The summed E-state index contributed by atoms with van der Waals surface area (Å²) in [4.78, 5) is 11.8. The highest BCUT2D eigenvalue weighted by Gasteiger charge is 2.14. The molecule has 1 aromatic rings. The molecule has 1 rings (SSSR count). The third kappa shape index (κ3) is 3.07. The van der Waals surface area contributed by atoms with E-state index in [0.717, 1.165) is 16.9 Å². The van der Waals surface area contributed by atoms with Gasteiger partial charge in [-0.1, -0.05) is 24.6 Å². The molecule has 0 radical (unpaired) electrons. The third-order valence-electron chi connectivity index (χ3n) is 2.70. The normalized spacial score (nSPS) is 12.2. The summed E-state index contributed by atoms with van der Waals surface area (Å²) in [6.07, 6.45) is 0.392. The molecule has 0 aromatic heterocycles. The minimum Gasteiger partial charge on any atom is -0.496 e. The van der Waals surface area contributed by atoms with Gasteiger partial charge in [0.2, 0.25) is 0 Å². The van der Waals surface area contributed by atoms with Crippen LogP contribution in [0.5, 0.6) is 5.75 Å². The summed E-state index contributed by atoms with van der Waals surface area (Å²) in [5.74, 6) is 0.833. The number of carbonyl (C=O) groups excluding carboxylic acids is 1. The lowest BCUT2D eigenvalue weighted by molar-refractivity contribution is -0.121. The highest BCUT2D eigenvalue weighted by atomic mass is 16.5. The van der Waals surface area contributed by atoms with Gasteiger partial charge in [-0.3, -0.25) is 4.79 Å². The van der Waals surface area contributed by atoms with Crippen molar-refractivity contribution in [3.63, 3.8) is 0 Å². The first-order valence-corrected chi connectivity index (χ1v) is 5.44. The molecule has 2 N–H and O–H groups in total. The Morgan fingerprint density at radius 3 is 2.75 bits per heavy atom. The lowest BCUT2D eigenvalue weighted by Gasteiger charge is -2.11. The van der Waals surface area contributed by atoms with E-state index in [1.54, 1.807) is 7.11 Å². The number of carbonyl (C=O) groups is 1. The van der Waals surface area contributed by atoms with E-state index in [9.17, 15) is 4.79 Å². The SMILES string of the molecule is COc1ccc(C)cc1CC(=O)C(C)CN. The van der Waals surface area contributed by atoms with Gasteiger partial charge in [-0.2, -0.15) is 0 Å². The number of hydrogen-bond donors (Lipinski definition) is 1. The van der Waals surface area contributed by atoms with E-state index in [1.165, 1.54) is 0 Å². The van der Waals surface area contributed by atoms with Crippen molar-refractivity contribution in [2.45, 2.75) is 20.3 Å². The third-order valence-corrected chi connectivity index (χ3v) is 2.70. The predicted molar refractivity (Wildman–Crippen MR) is 64.7 cm³/mol. The van der Waals surface area contributed by atoms with Crippen LogP contribution in [-0.4, -0.2) is 19.4 Å². The Hall–Kier alpha value is -1.35. The fourth-order valence-electron chi connectivity index (χ4n) is 1.54. The Labute approximate surface area is 96.6 Å². The van der Waals surface area contributed by atoms with Crippen LogP contribution in [0.1, 0.15) is 18.1 Å². The highest BCUT2D eigenvalue weighted by molar-refractivity contribution is 5.83. The molecule has 0 spiro atoms. The first-order chi connectivity index (χ1) is 7.58. The van der Waals surface area contributed by atoms with E-state index in [0.29, 0.717) is 13.0 Å². The van der Waals surface area contributed by atoms with Crippen molar-refractivity contribution in [1.82, 2.24) is 0 Å². The average molecular weight is 221 g/mol. The molecule has 0 fully saturated rings. The Bertz CT molecular complexity index is 374. The standard InChI is InChI=1S/C13H19NO2/c1-9-4-5-13(16-3)11(6-9)7-12(15)10(2)8-14/h4-6,10H,7-8,14H2,1-3H3. The number of nitrogens with two attached hydrogens (primary N) is 1. The fourth-order valence-corrected chi connectivity index (χ4v) is 1.54. The molecule has 0 aliphatic carbocycles. The Kier molecular flexibility index (Phi) is 4.50. The molecule has 0 aliphatic heterocycles. The molecule has 3 heteroatoms. The second kappa shape index (κ2) is 5.66. The molecule has 3 nitrogen and oxygen atoms in total. The molecular formula is C13H19NO2. The van der Waals surface area contributed by atoms with Gasteiger partial charge in [0, 0.05) is 24.4 Å². The molecule has 0 aliphatic rings. The van der Waals surface area contributed by atoms with Crippen LogP contribution in [0.4, 0.5) is 0 Å². The summed E-state index contributed by atoms with van der Waals surface area (Å²) in [7, 11) is 1.62. The van der Waals surface area contributed by atoms with Gasteiger partial charge >= 0.3 is 0 Å². The average Bonchev–Trinajstić information content (AvgIpc) is 2.28. The van der Waals surface area contributed by atoms with Gasteiger partial charge in [0.25, 0.3) is 0 Å². The Balaban J connectivity index is 2.87. The van der Waals surface area contributed by atoms with Crippen molar-refractivity contribution in [3.8, 4) is 5.75 Å². The first kappa shape index (κ1) is 12.7. The number of ketones is 1. The van der Waals surface area contributed by atoms with Crippen LogP contribution < -0.4 is 10.5 Å². The summed E-state index contributed by atoms with van der Waals surface area (Å²) < 4.78 is 5.23. The number of aryl methyl sites for hydroxylation is 1. The molecule has 0 saturated heterocycles. The van der Waals surface area contributed by atoms with E-state index in [4.69, 9.17) is 10.5 Å². The predicted octanol–water partition coefficient (Wildman–Crippen LogP) is 1.71. The second-order valence-corrected chi connectivity index (χ2v) is 4.10. The monoisotopic (exact) mass is 221 g/mol. The minimum absolute atomic E-state index is 0.0924. The van der Waals surface area contributed by atoms with Crippen molar-refractivity contribution in [1.29, 1.82) is 0 Å². The molecule has 1 unspecified atom stereocenters. The number of benzene rings is 1. The zero-order chi connectivity index (χ0) is 12.1. The van der Waals surface area contributed by atoms with Gasteiger partial charge < -0.3 is 10.5 Å². The van der Waals surface area contributed by atoms with Crippen LogP contribution in [0.2, 0.25) is 0 Å². The van der Waals surface area contributed by atoms with Gasteiger partial charge in [0.1, 0.15) is 11.5 Å². The summed E-state index contributed by atoms with van der Waals surface area (Å²) >= 11 is 0. The molecule has 0 bridgehead atoms. The van der Waals surface area contributed by atoms with E-state index in [-0.39, 0.29) is 11.7 Å². The molecule has 88 valence electrons. The number of hydrogen-bond acceptors (Lipinski definition) is 3. The molecular weight excluding hydrogens is 202 g/mol. The number of rotatable bonds is 5. The van der Waals surface area contributed by atoms with Gasteiger partial charge in [-0.05, 0) is 13.0 Å². The summed E-state index contributed by atoms with van der Waals surface area (Å²) in [6.45, 7) is 4.25. The Morgan fingerprint density at radius 2 is 2.19 bits per heavy atom. The Morgan fingerprint density at radius 1 is 1.50 bits per heavy atom. The highest BCUT2D eigenvalue weighted by Crippen LogP contribution is 2.21. The van der Waals surface area contributed by atoms with Crippen molar-refractivity contribution >= 4 is 5.78 Å². The smallest absolute Gasteiger partial charge is 0.141 e. The summed E-state index contributed by atoms with van der Waals surface area (Å²) in [5, 5.41) is 0. The van der Waals surface area contributed by atoms with Crippen molar-refractivity contribution in [2.24, 2.45) is 11.7 Å². The van der Waals surface area contributed by atoms with Gasteiger partial charge in [0.05, 0.1) is 7.11 Å². The van der Waals surface area contributed by atoms with Gasteiger partial charge in [-0.25, -0.2) is 0 Å². The van der Waals surface area contributed by atoms with Gasteiger partial charge in [-0.15, -0.1) is 0 Å². The van der Waals surface area contributed by atoms with E-state index in [2.05, 4.69) is 0 Å². The van der Waals surface area contributed by atoms with Crippen LogP contribution in [0.3, 0.4) is 0 Å². The summed E-state index contributed by atoms with van der Waals surface area (Å²) in [6, 6.07) is 5.85.